The first-order valence-corrected chi connectivity index (χ1v) is 11.3. The maximum Gasteiger partial charge on any atom is 0.277 e. The van der Waals surface area contributed by atoms with Crippen LogP contribution in [-0.2, 0) is 9.59 Å². The van der Waals surface area contributed by atoms with Crippen LogP contribution < -0.4 is 14.4 Å². The Morgan fingerprint density at radius 2 is 1.45 bits per heavy atom. The topological polar surface area (TPSA) is 62.3 Å². The lowest BCUT2D eigenvalue weighted by atomic mass is 10.0. The molecule has 0 aromatic heterocycles. The van der Waals surface area contributed by atoms with Gasteiger partial charge in [0.05, 0.1) is 19.8 Å². The molecule has 2 aliphatic rings. The summed E-state index contributed by atoms with van der Waals surface area (Å²) in [5.41, 5.74) is 2.76. The molecular weight excluding hydrogens is 418 g/mol. The zero-order valence-electron chi connectivity index (χ0n) is 19.7. The van der Waals surface area contributed by atoms with Gasteiger partial charge in [0.2, 0.25) is 0 Å². The van der Waals surface area contributed by atoms with Crippen LogP contribution in [0.25, 0.3) is 5.57 Å². The normalized spacial score (nSPS) is 16.8. The molecule has 0 bridgehead atoms. The summed E-state index contributed by atoms with van der Waals surface area (Å²) in [5, 5.41) is 0. The number of hydrogen-bond acceptors (Lipinski definition) is 6. The Bertz CT molecular complexity index is 1060. The third-order valence-electron chi connectivity index (χ3n) is 6.08. The van der Waals surface area contributed by atoms with Gasteiger partial charge in [-0.25, -0.2) is 0 Å². The van der Waals surface area contributed by atoms with E-state index in [0.717, 1.165) is 13.1 Å². The molecule has 174 valence electrons. The number of nitrogens with zero attached hydrogens (tertiary/aromatic N) is 3. The Morgan fingerprint density at radius 3 is 2.06 bits per heavy atom. The fourth-order valence-corrected chi connectivity index (χ4v) is 4.47. The summed E-state index contributed by atoms with van der Waals surface area (Å²) in [5.74, 6) is 0.820. The second-order valence-electron chi connectivity index (χ2n) is 8.72. The molecule has 7 heteroatoms. The number of imide groups is 1. The number of ether oxygens (including phenoxy) is 2. The van der Waals surface area contributed by atoms with E-state index in [0.29, 0.717) is 48.0 Å². The zero-order chi connectivity index (χ0) is 23.5. The van der Waals surface area contributed by atoms with Crippen LogP contribution in [0.1, 0.15) is 19.4 Å². The molecule has 0 radical (unpaired) electrons. The van der Waals surface area contributed by atoms with Gasteiger partial charge < -0.3 is 19.3 Å². The third-order valence-corrected chi connectivity index (χ3v) is 6.08. The highest BCUT2D eigenvalue weighted by Crippen LogP contribution is 2.37. The molecule has 0 saturated carbocycles. The van der Waals surface area contributed by atoms with Gasteiger partial charge in [-0.15, -0.1) is 0 Å². The summed E-state index contributed by atoms with van der Waals surface area (Å²) in [7, 11) is 3.13. The predicted molar refractivity (Wildman–Crippen MR) is 128 cm³/mol. The van der Waals surface area contributed by atoms with E-state index in [1.165, 1.54) is 10.6 Å². The van der Waals surface area contributed by atoms with E-state index in [4.69, 9.17) is 9.47 Å². The second kappa shape index (κ2) is 9.57. The Labute approximate surface area is 195 Å². The lowest BCUT2D eigenvalue weighted by Gasteiger charge is -2.37. The molecule has 2 aromatic carbocycles. The van der Waals surface area contributed by atoms with Crippen LogP contribution in [-0.4, -0.2) is 68.6 Å². The van der Waals surface area contributed by atoms with Crippen molar-refractivity contribution in [3.8, 4) is 11.5 Å². The first-order chi connectivity index (χ1) is 15.9. The van der Waals surface area contributed by atoms with Crippen LogP contribution >= 0.6 is 0 Å². The first-order valence-electron chi connectivity index (χ1n) is 11.3. The average molecular weight is 450 g/mol. The van der Waals surface area contributed by atoms with Gasteiger partial charge >= 0.3 is 0 Å². The molecule has 33 heavy (non-hydrogen) atoms. The van der Waals surface area contributed by atoms with Crippen molar-refractivity contribution in [3.05, 3.63) is 59.8 Å². The van der Waals surface area contributed by atoms with Crippen LogP contribution in [0.15, 0.2) is 54.2 Å². The number of carbonyl (C=O) groups is 2. The van der Waals surface area contributed by atoms with E-state index in [9.17, 15) is 9.59 Å². The summed E-state index contributed by atoms with van der Waals surface area (Å²) < 4.78 is 10.8. The lowest BCUT2D eigenvalue weighted by molar-refractivity contribution is -0.138. The highest BCUT2D eigenvalue weighted by atomic mass is 16.5. The minimum Gasteiger partial charge on any atom is -0.493 e. The molecule has 4 rings (SSSR count). The molecule has 2 aromatic rings. The molecule has 1 fully saturated rings. The zero-order valence-corrected chi connectivity index (χ0v) is 19.7. The Kier molecular flexibility index (Phi) is 6.58. The van der Waals surface area contributed by atoms with Crippen LogP contribution in [0.4, 0.5) is 5.69 Å². The number of rotatable bonds is 7. The minimum atomic E-state index is -0.249. The summed E-state index contributed by atoms with van der Waals surface area (Å²) in [6, 6.07) is 15.6. The van der Waals surface area contributed by atoms with Crippen LogP contribution in [0, 0.1) is 5.92 Å². The van der Waals surface area contributed by atoms with Gasteiger partial charge in [0, 0.05) is 38.4 Å². The molecule has 0 aliphatic carbocycles. The van der Waals surface area contributed by atoms with Gasteiger partial charge in [0.25, 0.3) is 11.8 Å². The van der Waals surface area contributed by atoms with Gasteiger partial charge in [-0.1, -0.05) is 38.1 Å². The van der Waals surface area contributed by atoms with Crippen LogP contribution in [0.2, 0.25) is 0 Å². The average Bonchev–Trinajstić information content (AvgIpc) is 3.08. The number of anilines is 1. The Morgan fingerprint density at radius 1 is 0.818 bits per heavy atom. The number of carbonyl (C=O) groups excluding carboxylic acids is 2. The lowest BCUT2D eigenvalue weighted by Crippen LogP contribution is -2.47. The van der Waals surface area contributed by atoms with E-state index >= 15 is 0 Å². The largest absolute Gasteiger partial charge is 0.493 e. The monoisotopic (exact) mass is 449 g/mol. The van der Waals surface area contributed by atoms with Crippen molar-refractivity contribution in [1.29, 1.82) is 0 Å². The van der Waals surface area contributed by atoms with Crippen molar-refractivity contribution in [3.63, 3.8) is 0 Å². The SMILES string of the molecule is COc1ccc(C2=C(N3CCN(c4ccccc4)CC3)C(=O)N(CC(C)C)C2=O)cc1OC. The van der Waals surface area contributed by atoms with Gasteiger partial charge in [-0.3, -0.25) is 14.5 Å². The molecule has 7 nitrogen and oxygen atoms in total. The van der Waals surface area contributed by atoms with Crippen molar-refractivity contribution < 1.29 is 19.1 Å². The molecule has 0 unspecified atom stereocenters. The molecule has 2 aliphatic heterocycles. The van der Waals surface area contributed by atoms with Crippen LogP contribution in [0.3, 0.4) is 0 Å². The summed E-state index contributed by atoms with van der Waals surface area (Å²) in [4.78, 5) is 32.7. The van der Waals surface area contributed by atoms with Gasteiger partial charge in [0.15, 0.2) is 11.5 Å². The molecule has 0 N–H and O–H groups in total. The van der Waals surface area contributed by atoms with E-state index in [1.54, 1.807) is 26.4 Å². The van der Waals surface area contributed by atoms with Crippen molar-refractivity contribution in [2.24, 2.45) is 5.92 Å². The highest BCUT2D eigenvalue weighted by Gasteiger charge is 2.42. The number of hydrogen-bond donors (Lipinski definition) is 0. The van der Waals surface area contributed by atoms with Gasteiger partial charge in [-0.2, -0.15) is 0 Å². The van der Waals surface area contributed by atoms with Gasteiger partial charge in [0.1, 0.15) is 5.70 Å². The van der Waals surface area contributed by atoms with E-state index in [2.05, 4.69) is 21.9 Å². The van der Waals surface area contributed by atoms with Crippen molar-refractivity contribution in [2.45, 2.75) is 13.8 Å². The predicted octanol–water partition coefficient (Wildman–Crippen LogP) is 3.26. The second-order valence-corrected chi connectivity index (χ2v) is 8.72. The number of piperazine rings is 1. The highest BCUT2D eigenvalue weighted by molar-refractivity contribution is 6.35. The number of para-hydroxylation sites is 1. The standard InChI is InChI=1S/C26H31N3O4/c1-18(2)17-29-25(30)23(19-10-11-21(32-3)22(16-19)33-4)24(26(29)31)28-14-12-27(13-15-28)20-8-6-5-7-9-20/h5-11,16,18H,12-15,17H2,1-4H3. The maximum atomic E-state index is 13.5. The smallest absolute Gasteiger partial charge is 0.277 e. The van der Waals surface area contributed by atoms with E-state index in [1.807, 2.05) is 38.1 Å². The molecule has 1 saturated heterocycles. The van der Waals surface area contributed by atoms with Crippen molar-refractivity contribution in [2.75, 3.05) is 51.8 Å². The van der Waals surface area contributed by atoms with Crippen molar-refractivity contribution in [1.82, 2.24) is 9.80 Å². The molecule has 0 atom stereocenters. The Hall–Kier alpha value is -3.48. The molecular formula is C26H31N3O4. The fraction of sp³-hybridized carbons (Fsp3) is 0.385. The van der Waals surface area contributed by atoms with Crippen LogP contribution in [0.5, 0.6) is 11.5 Å². The van der Waals surface area contributed by atoms with Crippen molar-refractivity contribution >= 4 is 23.1 Å². The number of amides is 2. The molecule has 2 amide bonds. The quantitative estimate of drug-likeness (QED) is 0.605. The van der Waals surface area contributed by atoms with Gasteiger partial charge in [-0.05, 0) is 35.7 Å². The first kappa shape index (κ1) is 22.7. The minimum absolute atomic E-state index is 0.179. The Balaban J connectivity index is 1.69. The summed E-state index contributed by atoms with van der Waals surface area (Å²) in [6.07, 6.45) is 0. The molecule has 0 spiro atoms. The summed E-state index contributed by atoms with van der Waals surface area (Å²) in [6.45, 7) is 7.28. The third kappa shape index (κ3) is 4.40. The number of methoxy groups -OCH3 is 2. The van der Waals surface area contributed by atoms with E-state index in [-0.39, 0.29) is 17.7 Å². The fourth-order valence-electron chi connectivity index (χ4n) is 4.47. The summed E-state index contributed by atoms with van der Waals surface area (Å²) >= 11 is 0. The number of benzene rings is 2. The van der Waals surface area contributed by atoms with E-state index < -0.39 is 0 Å². The molecule has 2 heterocycles. The maximum absolute atomic E-state index is 13.5.